The van der Waals surface area contributed by atoms with Gasteiger partial charge >= 0.3 is 0 Å². The molecule has 0 radical (unpaired) electrons. The van der Waals surface area contributed by atoms with Crippen LogP contribution in [0.5, 0.6) is 0 Å². The summed E-state index contributed by atoms with van der Waals surface area (Å²) in [6, 6.07) is 5.60. The third-order valence-corrected chi connectivity index (χ3v) is 6.85. The summed E-state index contributed by atoms with van der Waals surface area (Å²) in [6.45, 7) is 5.69. The van der Waals surface area contributed by atoms with Crippen molar-refractivity contribution in [1.82, 2.24) is 20.2 Å². The number of carbonyl (C=O) groups is 1. The zero-order valence-corrected chi connectivity index (χ0v) is 20.2. The standard InChI is InChI=1S/C22H27Cl3N6O/c1-14(17-5-4-15(23)11-18(17)24)28-21-19(25)13-27-22(29-21)31-9-7-30(8-10-31)20(32)12-16-3-2-6-26-16/h4-5,11,13-14,16,26H,2-3,6-10,12H2,1H3,(H,27,28,29)/t14-,16-/m1/s1. The van der Waals surface area contributed by atoms with Crippen molar-refractivity contribution in [2.24, 2.45) is 0 Å². The van der Waals surface area contributed by atoms with Crippen molar-refractivity contribution < 1.29 is 4.79 Å². The van der Waals surface area contributed by atoms with E-state index in [4.69, 9.17) is 34.8 Å². The van der Waals surface area contributed by atoms with E-state index in [1.54, 1.807) is 18.3 Å². The number of rotatable bonds is 6. The SMILES string of the molecule is C[C@@H](Nc1nc(N2CCN(C(=O)C[C@H]3CCCN3)CC2)ncc1Cl)c1ccc(Cl)cc1Cl. The maximum absolute atomic E-state index is 12.6. The molecule has 1 aromatic heterocycles. The average Bonchev–Trinajstić information content (AvgIpc) is 3.28. The fourth-order valence-electron chi connectivity index (χ4n) is 4.17. The highest BCUT2D eigenvalue weighted by Gasteiger charge is 2.26. The minimum absolute atomic E-state index is 0.126. The zero-order valence-electron chi connectivity index (χ0n) is 18.0. The fourth-order valence-corrected chi connectivity index (χ4v) is 4.89. The van der Waals surface area contributed by atoms with Gasteiger partial charge in [-0.25, -0.2) is 4.98 Å². The van der Waals surface area contributed by atoms with Crippen molar-refractivity contribution in [2.45, 2.75) is 38.3 Å². The molecule has 0 saturated carbocycles. The van der Waals surface area contributed by atoms with Crippen molar-refractivity contribution in [3.05, 3.63) is 45.0 Å². The number of nitrogens with one attached hydrogen (secondary N) is 2. The average molecular weight is 498 g/mol. The summed E-state index contributed by atoms with van der Waals surface area (Å²) >= 11 is 18.7. The van der Waals surface area contributed by atoms with Crippen LogP contribution in [0.15, 0.2) is 24.4 Å². The van der Waals surface area contributed by atoms with Gasteiger partial charge in [0.05, 0.1) is 12.2 Å². The molecule has 2 aromatic rings. The Morgan fingerprint density at radius 1 is 1.22 bits per heavy atom. The van der Waals surface area contributed by atoms with E-state index < -0.39 is 0 Å². The van der Waals surface area contributed by atoms with E-state index >= 15 is 0 Å². The van der Waals surface area contributed by atoms with Gasteiger partial charge in [-0.3, -0.25) is 4.79 Å². The first kappa shape index (κ1) is 23.4. The first-order valence-electron chi connectivity index (χ1n) is 10.9. The molecule has 3 heterocycles. The van der Waals surface area contributed by atoms with Crippen molar-refractivity contribution in [2.75, 3.05) is 42.9 Å². The molecule has 2 atom stereocenters. The number of hydrogen-bond donors (Lipinski definition) is 2. The van der Waals surface area contributed by atoms with Crippen LogP contribution in [-0.4, -0.2) is 59.5 Å². The second kappa shape index (κ2) is 10.4. The minimum Gasteiger partial charge on any atom is -0.362 e. The van der Waals surface area contributed by atoms with E-state index in [0.29, 0.717) is 65.5 Å². The molecule has 32 heavy (non-hydrogen) atoms. The van der Waals surface area contributed by atoms with E-state index in [-0.39, 0.29) is 11.9 Å². The highest BCUT2D eigenvalue weighted by atomic mass is 35.5. The van der Waals surface area contributed by atoms with Crippen molar-refractivity contribution in [3.8, 4) is 0 Å². The number of anilines is 2. The Balaban J connectivity index is 1.38. The second-order valence-electron chi connectivity index (χ2n) is 8.26. The topological polar surface area (TPSA) is 73.4 Å². The van der Waals surface area contributed by atoms with Crippen LogP contribution < -0.4 is 15.5 Å². The molecule has 0 aliphatic carbocycles. The van der Waals surface area contributed by atoms with Crippen LogP contribution in [0.2, 0.25) is 15.1 Å². The van der Waals surface area contributed by atoms with Crippen molar-refractivity contribution in [3.63, 3.8) is 0 Å². The molecule has 2 saturated heterocycles. The number of amides is 1. The summed E-state index contributed by atoms with van der Waals surface area (Å²) in [4.78, 5) is 25.7. The molecule has 2 fully saturated rings. The van der Waals surface area contributed by atoms with Crippen LogP contribution in [0.25, 0.3) is 0 Å². The normalized spacial score (nSPS) is 19.8. The Bertz CT molecular complexity index is 961. The first-order valence-corrected chi connectivity index (χ1v) is 12.0. The van der Waals surface area contributed by atoms with Gasteiger partial charge in [0, 0.05) is 48.7 Å². The van der Waals surface area contributed by atoms with Crippen LogP contribution in [0.1, 0.15) is 37.8 Å². The Labute approximate surface area is 203 Å². The predicted octanol–water partition coefficient (Wildman–Crippen LogP) is 4.40. The Hall–Kier alpha value is -1.80. The predicted molar refractivity (Wildman–Crippen MR) is 130 cm³/mol. The number of aromatic nitrogens is 2. The lowest BCUT2D eigenvalue weighted by molar-refractivity contribution is -0.131. The van der Waals surface area contributed by atoms with Crippen molar-refractivity contribution in [1.29, 1.82) is 0 Å². The Kier molecular flexibility index (Phi) is 7.61. The molecule has 1 amide bonds. The molecule has 4 rings (SSSR count). The number of halogens is 3. The van der Waals surface area contributed by atoms with Crippen molar-refractivity contribution >= 4 is 52.5 Å². The summed E-state index contributed by atoms with van der Waals surface area (Å²) in [5.74, 6) is 1.36. The minimum atomic E-state index is -0.126. The molecular weight excluding hydrogens is 471 g/mol. The maximum Gasteiger partial charge on any atom is 0.227 e. The van der Waals surface area contributed by atoms with Gasteiger partial charge in [-0.1, -0.05) is 40.9 Å². The van der Waals surface area contributed by atoms with Gasteiger partial charge in [0.15, 0.2) is 5.82 Å². The maximum atomic E-state index is 12.6. The zero-order chi connectivity index (χ0) is 22.7. The van der Waals surface area contributed by atoms with E-state index in [2.05, 4.69) is 25.5 Å². The van der Waals surface area contributed by atoms with Crippen LogP contribution >= 0.6 is 34.8 Å². The molecule has 2 aliphatic heterocycles. The molecule has 0 unspecified atom stereocenters. The van der Waals surface area contributed by atoms with Crippen LogP contribution in [0.3, 0.4) is 0 Å². The Morgan fingerprint density at radius 2 is 2.00 bits per heavy atom. The summed E-state index contributed by atoms with van der Waals surface area (Å²) in [7, 11) is 0. The third-order valence-electron chi connectivity index (χ3n) is 6.01. The van der Waals surface area contributed by atoms with Gasteiger partial charge in [0.25, 0.3) is 0 Å². The van der Waals surface area contributed by atoms with Gasteiger partial charge in [-0.15, -0.1) is 0 Å². The molecule has 1 aromatic carbocycles. The van der Waals surface area contributed by atoms with E-state index in [0.717, 1.165) is 24.9 Å². The van der Waals surface area contributed by atoms with Crippen LogP contribution in [-0.2, 0) is 4.79 Å². The largest absolute Gasteiger partial charge is 0.362 e. The molecule has 2 aliphatic rings. The molecule has 10 heteroatoms. The van der Waals surface area contributed by atoms with Gasteiger partial charge < -0.3 is 20.4 Å². The summed E-state index contributed by atoms with van der Waals surface area (Å²) in [5, 5.41) is 8.32. The quantitative estimate of drug-likeness (QED) is 0.616. The molecule has 0 bridgehead atoms. The summed E-state index contributed by atoms with van der Waals surface area (Å²) < 4.78 is 0. The number of hydrogen-bond acceptors (Lipinski definition) is 6. The van der Waals surface area contributed by atoms with E-state index in [9.17, 15) is 4.79 Å². The molecule has 0 spiro atoms. The lowest BCUT2D eigenvalue weighted by Gasteiger charge is -2.35. The fraction of sp³-hybridized carbons (Fsp3) is 0.500. The molecule has 7 nitrogen and oxygen atoms in total. The Morgan fingerprint density at radius 3 is 2.69 bits per heavy atom. The molecule has 172 valence electrons. The molecule has 2 N–H and O–H groups in total. The van der Waals surface area contributed by atoms with Crippen LogP contribution in [0.4, 0.5) is 11.8 Å². The number of carbonyl (C=O) groups excluding carboxylic acids is 1. The summed E-state index contributed by atoms with van der Waals surface area (Å²) in [5.41, 5.74) is 0.899. The van der Waals surface area contributed by atoms with E-state index in [1.807, 2.05) is 17.9 Å². The number of benzene rings is 1. The van der Waals surface area contributed by atoms with Gasteiger partial charge in [0.2, 0.25) is 11.9 Å². The second-order valence-corrected chi connectivity index (χ2v) is 9.51. The van der Waals surface area contributed by atoms with Gasteiger partial charge in [-0.2, -0.15) is 4.98 Å². The summed E-state index contributed by atoms with van der Waals surface area (Å²) in [6.07, 6.45) is 4.42. The van der Waals surface area contributed by atoms with Gasteiger partial charge in [0.1, 0.15) is 5.02 Å². The first-order chi connectivity index (χ1) is 15.4. The van der Waals surface area contributed by atoms with E-state index in [1.165, 1.54) is 0 Å². The lowest BCUT2D eigenvalue weighted by atomic mass is 10.1. The smallest absolute Gasteiger partial charge is 0.227 e. The highest BCUT2D eigenvalue weighted by Crippen LogP contribution is 2.30. The van der Waals surface area contributed by atoms with Gasteiger partial charge in [-0.05, 0) is 44.0 Å². The molecular formula is C22H27Cl3N6O. The highest BCUT2D eigenvalue weighted by molar-refractivity contribution is 6.35. The number of nitrogens with zero attached hydrogens (tertiary/aromatic N) is 4. The van der Waals surface area contributed by atoms with Crippen LogP contribution in [0, 0.1) is 0 Å². The lowest BCUT2D eigenvalue weighted by Crippen LogP contribution is -2.50. The third kappa shape index (κ3) is 5.57. The number of piperazine rings is 1. The monoisotopic (exact) mass is 496 g/mol.